The van der Waals surface area contributed by atoms with E-state index in [1.54, 1.807) is 42.5 Å². The third-order valence-electron chi connectivity index (χ3n) is 5.34. The van der Waals surface area contributed by atoms with E-state index in [1.807, 2.05) is 48.5 Å². The van der Waals surface area contributed by atoms with Gasteiger partial charge in [-0.05, 0) is 48.0 Å². The van der Waals surface area contributed by atoms with E-state index in [-0.39, 0.29) is 0 Å². The summed E-state index contributed by atoms with van der Waals surface area (Å²) in [5.41, 5.74) is 1.62. The maximum atomic E-state index is 14.7. The van der Waals surface area contributed by atoms with Gasteiger partial charge in [-0.15, -0.1) is 0 Å². The largest absolute Gasteiger partial charge is 0.452 e. The number of fused-ring (bicyclic) bond motifs is 2. The molecule has 0 bridgehead atoms. The lowest BCUT2D eigenvalue weighted by molar-refractivity contribution is 0.353. The zero-order valence-electron chi connectivity index (χ0n) is 18.2. The van der Waals surface area contributed by atoms with Crippen molar-refractivity contribution in [2.75, 3.05) is 0 Å². The highest BCUT2D eigenvalue weighted by atomic mass is 35.5. The molecule has 1 unspecified atom stereocenters. The summed E-state index contributed by atoms with van der Waals surface area (Å²) in [7, 11) is -3.97. The molecule has 0 aromatic heterocycles. The van der Waals surface area contributed by atoms with Crippen LogP contribution in [0.4, 0.5) is 0 Å². The van der Waals surface area contributed by atoms with Gasteiger partial charge in [0.15, 0.2) is 5.78 Å². The second kappa shape index (κ2) is 10.5. The summed E-state index contributed by atoms with van der Waals surface area (Å²) in [5, 5.41) is 4.89. The smallest absolute Gasteiger partial charge is 0.414 e. The van der Waals surface area contributed by atoms with Crippen LogP contribution in [0.1, 0.15) is 16.9 Å². The van der Waals surface area contributed by atoms with E-state index in [1.165, 1.54) is 11.8 Å². The van der Waals surface area contributed by atoms with Crippen LogP contribution in [0.2, 0.25) is 15.1 Å². The topological polar surface area (TPSA) is 47.6 Å². The Labute approximate surface area is 223 Å². The van der Waals surface area contributed by atoms with Crippen molar-refractivity contribution < 1.29 is 13.6 Å². The van der Waals surface area contributed by atoms with Gasteiger partial charge in [0.25, 0.3) is 0 Å². The molecule has 0 saturated carbocycles. The summed E-state index contributed by atoms with van der Waals surface area (Å²) in [6, 6.07) is 27.3. The van der Waals surface area contributed by atoms with E-state index < -0.39 is 13.4 Å². The standard InChI is InChI=1S/C26H19Cl3NO3PS/c27-18-10-12-22-24(14-18)35-25-15-19(28)11-13-23(25)33-34(31,32-22)26(20-8-4-5-9-21(20)29)30-16-17-6-2-1-3-7-17/h1-15,26,30H,16H2. The first kappa shape index (κ1) is 24.6. The lowest BCUT2D eigenvalue weighted by atomic mass is 10.2. The Morgan fingerprint density at radius 1 is 0.771 bits per heavy atom. The van der Waals surface area contributed by atoms with Crippen LogP contribution in [-0.4, -0.2) is 0 Å². The summed E-state index contributed by atoms with van der Waals surface area (Å²) in [4.78, 5) is 1.40. The van der Waals surface area contributed by atoms with Crippen molar-refractivity contribution in [3.63, 3.8) is 0 Å². The molecule has 1 aliphatic rings. The number of benzene rings is 4. The van der Waals surface area contributed by atoms with E-state index in [0.29, 0.717) is 48.5 Å². The molecule has 1 N–H and O–H groups in total. The minimum absolute atomic E-state index is 0.395. The van der Waals surface area contributed by atoms with Gasteiger partial charge in [-0.25, -0.2) is 4.57 Å². The third-order valence-corrected chi connectivity index (χ3v) is 9.23. The van der Waals surface area contributed by atoms with Gasteiger partial charge in [0.1, 0.15) is 11.5 Å². The molecular weight excluding hydrogens is 544 g/mol. The first-order valence-electron chi connectivity index (χ1n) is 10.7. The van der Waals surface area contributed by atoms with E-state index in [2.05, 4.69) is 5.32 Å². The summed E-state index contributed by atoms with van der Waals surface area (Å²) < 4.78 is 27.2. The van der Waals surface area contributed by atoms with Gasteiger partial charge in [0.2, 0.25) is 0 Å². The average Bonchev–Trinajstić information content (AvgIpc) is 2.83. The third kappa shape index (κ3) is 5.51. The van der Waals surface area contributed by atoms with E-state index in [9.17, 15) is 4.57 Å². The fourth-order valence-corrected chi connectivity index (χ4v) is 7.63. The Morgan fingerprint density at radius 2 is 1.34 bits per heavy atom. The van der Waals surface area contributed by atoms with Gasteiger partial charge in [0, 0.05) is 27.2 Å². The zero-order valence-corrected chi connectivity index (χ0v) is 22.1. The highest BCUT2D eigenvalue weighted by Crippen LogP contribution is 2.63. The van der Waals surface area contributed by atoms with Crippen LogP contribution in [-0.2, 0) is 11.1 Å². The number of hydrogen-bond acceptors (Lipinski definition) is 5. The van der Waals surface area contributed by atoms with Gasteiger partial charge in [-0.2, -0.15) is 0 Å². The number of rotatable bonds is 5. The van der Waals surface area contributed by atoms with Gasteiger partial charge >= 0.3 is 7.60 Å². The zero-order chi connectivity index (χ0) is 24.4. The summed E-state index contributed by atoms with van der Waals surface area (Å²) >= 11 is 20.5. The molecule has 0 saturated heterocycles. The second-order valence-electron chi connectivity index (χ2n) is 7.80. The Kier molecular flexibility index (Phi) is 7.36. The predicted molar refractivity (Wildman–Crippen MR) is 143 cm³/mol. The monoisotopic (exact) mass is 561 g/mol. The SMILES string of the molecule is O=P1(C(NCc2ccccc2)c2ccccc2Cl)Oc2ccc(Cl)cc2Sc2cc(Cl)ccc2O1. The molecule has 5 rings (SSSR count). The fraction of sp³-hybridized carbons (Fsp3) is 0.0769. The van der Waals surface area contributed by atoms with Crippen molar-refractivity contribution in [1.82, 2.24) is 5.32 Å². The molecule has 1 heterocycles. The van der Waals surface area contributed by atoms with Gasteiger partial charge < -0.3 is 9.05 Å². The van der Waals surface area contributed by atoms with Crippen molar-refractivity contribution >= 4 is 54.2 Å². The average molecular weight is 563 g/mol. The van der Waals surface area contributed by atoms with E-state index in [4.69, 9.17) is 43.9 Å². The highest BCUT2D eigenvalue weighted by molar-refractivity contribution is 7.99. The maximum Gasteiger partial charge on any atom is 0.452 e. The molecule has 0 spiro atoms. The molecule has 9 heteroatoms. The van der Waals surface area contributed by atoms with Crippen molar-refractivity contribution in [2.24, 2.45) is 0 Å². The lowest BCUT2D eigenvalue weighted by Crippen LogP contribution is -2.26. The first-order chi connectivity index (χ1) is 16.9. The molecular formula is C26H19Cl3NO3PS. The molecule has 0 amide bonds. The van der Waals surface area contributed by atoms with Crippen LogP contribution in [0.15, 0.2) is 101 Å². The Bertz CT molecular complexity index is 1360. The number of hydrogen-bond donors (Lipinski definition) is 1. The molecule has 0 aliphatic carbocycles. The molecule has 0 fully saturated rings. The lowest BCUT2D eigenvalue weighted by Gasteiger charge is -2.31. The van der Waals surface area contributed by atoms with Crippen molar-refractivity contribution in [1.29, 1.82) is 0 Å². The van der Waals surface area contributed by atoms with Gasteiger partial charge in [-0.1, -0.05) is 95.1 Å². The summed E-state index contributed by atoms with van der Waals surface area (Å²) in [6.45, 7) is 0.420. The quantitative estimate of drug-likeness (QED) is 0.246. The van der Waals surface area contributed by atoms with Gasteiger partial charge in [-0.3, -0.25) is 5.32 Å². The maximum absolute atomic E-state index is 14.7. The van der Waals surface area contributed by atoms with Crippen LogP contribution >= 0.6 is 54.2 Å². The first-order valence-corrected chi connectivity index (χ1v) is 14.3. The predicted octanol–water partition coefficient (Wildman–Crippen LogP) is 9.25. The summed E-state index contributed by atoms with van der Waals surface area (Å²) in [6.07, 6.45) is 0. The van der Waals surface area contributed by atoms with E-state index in [0.717, 1.165) is 5.56 Å². The number of halogens is 3. The van der Waals surface area contributed by atoms with Crippen LogP contribution in [0.5, 0.6) is 11.5 Å². The number of nitrogens with one attached hydrogen (secondary N) is 1. The van der Waals surface area contributed by atoms with Crippen molar-refractivity contribution in [2.45, 2.75) is 22.1 Å². The Balaban J connectivity index is 1.64. The molecule has 1 atom stereocenters. The van der Waals surface area contributed by atoms with Crippen molar-refractivity contribution in [3.05, 3.63) is 117 Å². The molecule has 35 heavy (non-hydrogen) atoms. The normalized spacial score (nSPS) is 14.9. The van der Waals surface area contributed by atoms with E-state index >= 15 is 0 Å². The second-order valence-corrected chi connectivity index (χ2v) is 12.1. The minimum atomic E-state index is -3.97. The highest BCUT2D eigenvalue weighted by Gasteiger charge is 2.43. The molecule has 4 nitrogen and oxygen atoms in total. The molecule has 0 radical (unpaired) electrons. The fourth-order valence-electron chi connectivity index (χ4n) is 3.69. The van der Waals surface area contributed by atoms with Crippen LogP contribution < -0.4 is 14.4 Å². The molecule has 4 aromatic rings. The Hall–Kier alpha value is -2.11. The van der Waals surface area contributed by atoms with Crippen LogP contribution in [0, 0.1) is 0 Å². The molecule has 1 aliphatic heterocycles. The Morgan fingerprint density at radius 3 is 1.94 bits per heavy atom. The van der Waals surface area contributed by atoms with Crippen LogP contribution in [0.25, 0.3) is 0 Å². The molecule has 178 valence electrons. The summed E-state index contributed by atoms with van der Waals surface area (Å²) in [5.74, 6) is -0.0783. The molecule has 4 aromatic carbocycles. The van der Waals surface area contributed by atoms with Crippen molar-refractivity contribution in [3.8, 4) is 11.5 Å². The van der Waals surface area contributed by atoms with Gasteiger partial charge in [0.05, 0.1) is 9.79 Å². The minimum Gasteiger partial charge on any atom is -0.414 e. The van der Waals surface area contributed by atoms with Crippen LogP contribution in [0.3, 0.4) is 0 Å².